The summed E-state index contributed by atoms with van der Waals surface area (Å²) in [6.07, 6.45) is 0. The fourth-order valence-corrected chi connectivity index (χ4v) is 4.44. The number of benzene rings is 3. The van der Waals surface area contributed by atoms with Crippen molar-refractivity contribution in [3.8, 4) is 11.4 Å². The number of para-hydroxylation sites is 1. The SMILES string of the molecule is CC1=C(c2nc(-c3ccccc3)no2)C(c2cccc(Cl)c2)NC(=S)N1c1ccccc1. The molecule has 1 aliphatic heterocycles. The Morgan fingerprint density at radius 3 is 2.41 bits per heavy atom. The van der Waals surface area contributed by atoms with E-state index in [0.717, 1.165) is 28.1 Å². The minimum atomic E-state index is -0.287. The summed E-state index contributed by atoms with van der Waals surface area (Å²) in [6, 6.07) is 27.1. The topological polar surface area (TPSA) is 54.2 Å². The number of anilines is 1. The quantitative estimate of drug-likeness (QED) is 0.364. The summed E-state index contributed by atoms with van der Waals surface area (Å²) in [5.74, 6) is 0.965. The molecular formula is C25H19ClN4OS. The number of allylic oxidation sites excluding steroid dienone is 1. The molecule has 5 nitrogen and oxygen atoms in total. The minimum absolute atomic E-state index is 0.287. The molecule has 0 amide bonds. The van der Waals surface area contributed by atoms with Crippen LogP contribution in [0, 0.1) is 0 Å². The number of rotatable bonds is 4. The van der Waals surface area contributed by atoms with Crippen molar-refractivity contribution in [2.75, 3.05) is 4.90 Å². The molecule has 158 valence electrons. The maximum absolute atomic E-state index is 6.30. The summed E-state index contributed by atoms with van der Waals surface area (Å²) in [6.45, 7) is 2.01. The third-order valence-electron chi connectivity index (χ3n) is 5.37. The third kappa shape index (κ3) is 3.79. The van der Waals surface area contributed by atoms with Gasteiger partial charge < -0.3 is 9.84 Å². The molecule has 5 rings (SSSR count). The molecule has 2 heterocycles. The van der Waals surface area contributed by atoms with Gasteiger partial charge in [0, 0.05) is 22.0 Å². The van der Waals surface area contributed by atoms with E-state index < -0.39 is 0 Å². The Morgan fingerprint density at radius 2 is 1.69 bits per heavy atom. The number of aromatic nitrogens is 2. The average Bonchev–Trinajstić information content (AvgIpc) is 3.30. The number of thiocarbonyl (C=S) groups is 1. The van der Waals surface area contributed by atoms with E-state index >= 15 is 0 Å². The molecule has 0 bridgehead atoms. The second-order valence-electron chi connectivity index (χ2n) is 7.40. The Bertz CT molecular complexity index is 1300. The zero-order chi connectivity index (χ0) is 22.1. The van der Waals surface area contributed by atoms with Gasteiger partial charge in [-0.15, -0.1) is 0 Å². The number of nitrogens with one attached hydrogen (secondary N) is 1. The van der Waals surface area contributed by atoms with Gasteiger partial charge in [0.25, 0.3) is 5.89 Å². The highest BCUT2D eigenvalue weighted by atomic mass is 35.5. The largest absolute Gasteiger partial charge is 0.351 e. The highest BCUT2D eigenvalue weighted by molar-refractivity contribution is 7.80. The monoisotopic (exact) mass is 458 g/mol. The molecule has 0 saturated carbocycles. The molecule has 1 aliphatic rings. The Kier molecular flexibility index (Phi) is 5.47. The van der Waals surface area contributed by atoms with E-state index in [1.54, 1.807) is 0 Å². The molecule has 0 aliphatic carbocycles. The summed E-state index contributed by atoms with van der Waals surface area (Å²) < 4.78 is 5.77. The molecule has 32 heavy (non-hydrogen) atoms. The molecular weight excluding hydrogens is 440 g/mol. The lowest BCUT2D eigenvalue weighted by Gasteiger charge is -2.37. The predicted octanol–water partition coefficient (Wildman–Crippen LogP) is 6.26. The van der Waals surface area contributed by atoms with Crippen molar-refractivity contribution in [3.63, 3.8) is 0 Å². The van der Waals surface area contributed by atoms with Crippen molar-refractivity contribution in [1.29, 1.82) is 0 Å². The van der Waals surface area contributed by atoms with E-state index in [1.165, 1.54) is 0 Å². The van der Waals surface area contributed by atoms with E-state index in [4.69, 9.17) is 33.3 Å². The Labute approximate surface area is 196 Å². The van der Waals surface area contributed by atoms with E-state index in [-0.39, 0.29) is 6.04 Å². The van der Waals surface area contributed by atoms with Gasteiger partial charge in [0.15, 0.2) is 5.11 Å². The molecule has 1 unspecified atom stereocenters. The lowest BCUT2D eigenvalue weighted by atomic mass is 9.94. The second-order valence-corrected chi connectivity index (χ2v) is 8.22. The van der Waals surface area contributed by atoms with Crippen molar-refractivity contribution in [2.45, 2.75) is 13.0 Å². The van der Waals surface area contributed by atoms with Gasteiger partial charge >= 0.3 is 0 Å². The number of hydrogen-bond acceptors (Lipinski definition) is 4. The Morgan fingerprint density at radius 1 is 0.969 bits per heavy atom. The van der Waals surface area contributed by atoms with Gasteiger partial charge in [-0.3, -0.25) is 4.90 Å². The molecule has 1 aromatic heterocycles. The second kappa shape index (κ2) is 8.57. The fraction of sp³-hybridized carbons (Fsp3) is 0.0800. The van der Waals surface area contributed by atoms with Crippen LogP contribution in [0.2, 0.25) is 5.02 Å². The molecule has 3 aromatic carbocycles. The normalized spacial score (nSPS) is 16.2. The van der Waals surface area contributed by atoms with Crippen LogP contribution in [-0.4, -0.2) is 15.3 Å². The van der Waals surface area contributed by atoms with Gasteiger partial charge in [-0.2, -0.15) is 4.98 Å². The highest BCUT2D eigenvalue weighted by Crippen LogP contribution is 2.39. The van der Waals surface area contributed by atoms with E-state index in [1.807, 2.05) is 96.8 Å². The van der Waals surface area contributed by atoms with Crippen molar-refractivity contribution < 1.29 is 4.52 Å². The van der Waals surface area contributed by atoms with Crippen LogP contribution < -0.4 is 10.2 Å². The first-order chi connectivity index (χ1) is 15.6. The maximum Gasteiger partial charge on any atom is 0.258 e. The molecule has 0 spiro atoms. The lowest BCUT2D eigenvalue weighted by Crippen LogP contribution is -2.46. The summed E-state index contributed by atoms with van der Waals surface area (Å²) in [7, 11) is 0. The van der Waals surface area contributed by atoms with Crippen LogP contribution in [-0.2, 0) is 0 Å². The van der Waals surface area contributed by atoms with Crippen LogP contribution in [0.15, 0.2) is 95.1 Å². The molecule has 4 aromatic rings. The molecule has 0 saturated heterocycles. The molecule has 1 N–H and O–H groups in total. The Hall–Kier alpha value is -3.48. The first-order valence-electron chi connectivity index (χ1n) is 10.1. The van der Waals surface area contributed by atoms with Crippen LogP contribution >= 0.6 is 23.8 Å². The number of halogens is 1. The van der Waals surface area contributed by atoms with Crippen molar-refractivity contribution in [2.24, 2.45) is 0 Å². The van der Waals surface area contributed by atoms with Gasteiger partial charge in [0.2, 0.25) is 5.82 Å². The zero-order valence-corrected chi connectivity index (χ0v) is 18.8. The molecule has 0 fully saturated rings. The van der Waals surface area contributed by atoms with Crippen LogP contribution in [0.25, 0.3) is 17.0 Å². The standard InChI is InChI=1S/C25H19ClN4OS/c1-16-21(24-28-23(29-31-24)17-9-4-2-5-10-17)22(18-11-8-12-19(26)15-18)27-25(32)30(16)20-13-6-3-7-14-20/h2-15,22H,1H3,(H,27,32). The lowest BCUT2D eigenvalue weighted by molar-refractivity contribution is 0.404. The van der Waals surface area contributed by atoms with E-state index in [0.29, 0.717) is 21.9 Å². The van der Waals surface area contributed by atoms with Gasteiger partial charge in [0.1, 0.15) is 0 Å². The van der Waals surface area contributed by atoms with E-state index in [9.17, 15) is 0 Å². The van der Waals surface area contributed by atoms with Crippen molar-refractivity contribution >= 4 is 40.2 Å². The molecule has 1 atom stereocenters. The summed E-state index contributed by atoms with van der Waals surface area (Å²) in [5.41, 5.74) is 4.56. The Balaban J connectivity index is 1.67. The van der Waals surface area contributed by atoms with Crippen LogP contribution in [0.3, 0.4) is 0 Å². The highest BCUT2D eigenvalue weighted by Gasteiger charge is 2.34. The first-order valence-corrected chi connectivity index (χ1v) is 10.9. The predicted molar refractivity (Wildman–Crippen MR) is 131 cm³/mol. The molecule has 7 heteroatoms. The van der Waals surface area contributed by atoms with Gasteiger partial charge in [-0.1, -0.05) is 77.4 Å². The summed E-state index contributed by atoms with van der Waals surface area (Å²) >= 11 is 12.1. The fourth-order valence-electron chi connectivity index (χ4n) is 3.88. The smallest absolute Gasteiger partial charge is 0.258 e. The average molecular weight is 459 g/mol. The van der Waals surface area contributed by atoms with E-state index in [2.05, 4.69) is 10.5 Å². The summed E-state index contributed by atoms with van der Waals surface area (Å²) in [4.78, 5) is 6.71. The van der Waals surface area contributed by atoms with Crippen LogP contribution in [0.4, 0.5) is 5.69 Å². The molecule has 0 radical (unpaired) electrons. The van der Waals surface area contributed by atoms with Crippen molar-refractivity contribution in [3.05, 3.63) is 107 Å². The number of nitrogens with zero attached hydrogens (tertiary/aromatic N) is 3. The van der Waals surface area contributed by atoms with Gasteiger partial charge in [-0.25, -0.2) is 0 Å². The zero-order valence-electron chi connectivity index (χ0n) is 17.2. The minimum Gasteiger partial charge on any atom is -0.351 e. The van der Waals surface area contributed by atoms with Gasteiger partial charge in [0.05, 0.1) is 11.6 Å². The summed E-state index contributed by atoms with van der Waals surface area (Å²) in [5, 5.41) is 8.92. The first kappa shape index (κ1) is 20.4. The maximum atomic E-state index is 6.30. The number of hydrogen-bond donors (Lipinski definition) is 1. The van der Waals surface area contributed by atoms with Crippen LogP contribution in [0.5, 0.6) is 0 Å². The van der Waals surface area contributed by atoms with Crippen LogP contribution in [0.1, 0.15) is 24.4 Å². The van der Waals surface area contributed by atoms with Crippen molar-refractivity contribution in [1.82, 2.24) is 15.5 Å². The third-order valence-corrected chi connectivity index (χ3v) is 5.91. The van der Waals surface area contributed by atoms with Gasteiger partial charge in [-0.05, 0) is 49.0 Å².